The number of amides is 1. The molecule has 0 aliphatic heterocycles. The number of hydrogen-bond acceptors (Lipinski definition) is 10. The Hall–Kier alpha value is -7.77. The predicted octanol–water partition coefficient (Wildman–Crippen LogP) is 8.39. The Morgan fingerprint density at radius 3 is 1.51 bits per heavy atom. The van der Waals surface area contributed by atoms with Crippen LogP contribution in [0, 0.1) is 0 Å². The number of rotatable bonds is 16. The van der Waals surface area contributed by atoms with Crippen molar-refractivity contribution in [2.45, 2.75) is 19.8 Å². The minimum atomic E-state index is -1.34. The lowest BCUT2D eigenvalue weighted by molar-refractivity contribution is 0.0463. The third kappa shape index (κ3) is 10.7. The molecule has 0 bridgehead atoms. The van der Waals surface area contributed by atoms with E-state index < -0.39 is 29.8 Å². The van der Waals surface area contributed by atoms with Gasteiger partial charge in [-0.2, -0.15) is 0 Å². The molecular formula is C44H34N2O11. The summed E-state index contributed by atoms with van der Waals surface area (Å²) < 4.78 is 16.6. The van der Waals surface area contributed by atoms with Crippen molar-refractivity contribution in [3.63, 3.8) is 0 Å². The average molecular weight is 767 g/mol. The standard InChI is InChI=1S/C44H34N2O11/c47-40(39-24-31(12-22-38(39)42(50)51)44(53)55-26-29-9-5-2-6-10-29)45-33-13-17-35(18-14-33)57-36-19-15-34(16-20-36)46-56-27-32-23-30(11-21-37(32)41(48)49)43(52)54-25-28-7-3-1-4-8-28/h1-24,46H,25-27H2,(H,45,47)(H,48,49)(H,50,51). The predicted molar refractivity (Wildman–Crippen MR) is 207 cm³/mol. The van der Waals surface area contributed by atoms with E-state index in [-0.39, 0.29) is 53.2 Å². The minimum Gasteiger partial charge on any atom is -0.478 e. The molecule has 0 radical (unpaired) electrons. The van der Waals surface area contributed by atoms with Crippen LogP contribution in [0.15, 0.2) is 146 Å². The number of hydrogen-bond donors (Lipinski definition) is 4. The van der Waals surface area contributed by atoms with Gasteiger partial charge in [-0.3, -0.25) is 15.1 Å². The monoisotopic (exact) mass is 766 g/mol. The Morgan fingerprint density at radius 2 is 0.982 bits per heavy atom. The molecule has 0 saturated heterocycles. The van der Waals surface area contributed by atoms with E-state index in [1.165, 1.54) is 36.4 Å². The molecule has 1 amide bonds. The van der Waals surface area contributed by atoms with Crippen molar-refractivity contribution < 1.29 is 53.2 Å². The normalized spacial score (nSPS) is 10.5. The largest absolute Gasteiger partial charge is 0.478 e. The van der Waals surface area contributed by atoms with Crippen LogP contribution in [-0.4, -0.2) is 40.0 Å². The summed E-state index contributed by atoms with van der Waals surface area (Å²) in [6.45, 7) is -0.0924. The van der Waals surface area contributed by atoms with Crippen LogP contribution in [0.2, 0.25) is 0 Å². The Labute approximate surface area is 326 Å². The van der Waals surface area contributed by atoms with Gasteiger partial charge in [0.15, 0.2) is 0 Å². The highest BCUT2D eigenvalue weighted by Gasteiger charge is 2.21. The maximum Gasteiger partial charge on any atom is 0.338 e. The van der Waals surface area contributed by atoms with Gasteiger partial charge in [0.2, 0.25) is 0 Å². The first kappa shape index (κ1) is 38.9. The van der Waals surface area contributed by atoms with Crippen LogP contribution >= 0.6 is 0 Å². The number of ether oxygens (including phenoxy) is 3. The molecule has 0 aromatic heterocycles. The van der Waals surface area contributed by atoms with E-state index in [0.29, 0.717) is 22.9 Å². The number of anilines is 2. The van der Waals surface area contributed by atoms with E-state index in [0.717, 1.165) is 11.1 Å². The zero-order valence-electron chi connectivity index (χ0n) is 30.0. The molecule has 6 aromatic carbocycles. The number of carboxylic acid groups (broad SMARTS) is 2. The van der Waals surface area contributed by atoms with Crippen molar-refractivity contribution in [2.24, 2.45) is 0 Å². The summed E-state index contributed by atoms with van der Waals surface area (Å²) >= 11 is 0. The van der Waals surface area contributed by atoms with Gasteiger partial charge in [-0.1, -0.05) is 60.7 Å². The maximum atomic E-state index is 13.2. The summed E-state index contributed by atoms with van der Waals surface area (Å²) in [6, 6.07) is 39.0. The highest BCUT2D eigenvalue weighted by molar-refractivity contribution is 6.12. The Bertz CT molecular complexity index is 2380. The van der Waals surface area contributed by atoms with E-state index >= 15 is 0 Å². The first-order chi connectivity index (χ1) is 27.6. The number of esters is 2. The molecule has 6 rings (SSSR count). The molecule has 13 heteroatoms. The van der Waals surface area contributed by atoms with Gasteiger partial charge < -0.3 is 29.7 Å². The lowest BCUT2D eigenvalue weighted by Crippen LogP contribution is -2.18. The van der Waals surface area contributed by atoms with Crippen LogP contribution in [0.25, 0.3) is 0 Å². The smallest absolute Gasteiger partial charge is 0.338 e. The van der Waals surface area contributed by atoms with Gasteiger partial charge in [-0.25, -0.2) is 19.2 Å². The second kappa shape index (κ2) is 18.5. The van der Waals surface area contributed by atoms with E-state index in [4.69, 9.17) is 19.0 Å². The van der Waals surface area contributed by atoms with E-state index in [2.05, 4.69) is 10.8 Å². The Balaban J connectivity index is 1.01. The molecular weight excluding hydrogens is 732 g/mol. The summed E-state index contributed by atoms with van der Waals surface area (Å²) in [4.78, 5) is 67.8. The van der Waals surface area contributed by atoms with Gasteiger partial charge in [0, 0.05) is 5.69 Å². The van der Waals surface area contributed by atoms with Crippen LogP contribution in [0.5, 0.6) is 11.5 Å². The van der Waals surface area contributed by atoms with Crippen LogP contribution < -0.4 is 15.5 Å². The molecule has 0 fully saturated rings. The first-order valence-electron chi connectivity index (χ1n) is 17.4. The molecule has 57 heavy (non-hydrogen) atoms. The van der Waals surface area contributed by atoms with Gasteiger partial charge >= 0.3 is 23.9 Å². The molecule has 0 aliphatic rings. The molecule has 0 unspecified atom stereocenters. The fourth-order valence-electron chi connectivity index (χ4n) is 5.44. The highest BCUT2D eigenvalue weighted by Crippen LogP contribution is 2.26. The first-order valence-corrected chi connectivity index (χ1v) is 17.4. The second-order valence-electron chi connectivity index (χ2n) is 12.4. The van der Waals surface area contributed by atoms with Crippen molar-refractivity contribution >= 4 is 41.2 Å². The van der Waals surface area contributed by atoms with Gasteiger partial charge in [0.1, 0.15) is 31.3 Å². The summed E-state index contributed by atoms with van der Waals surface area (Å²) in [5.41, 5.74) is 5.15. The molecule has 0 atom stereocenters. The van der Waals surface area contributed by atoms with Crippen molar-refractivity contribution in [3.05, 3.63) is 190 Å². The summed E-state index contributed by atoms with van der Waals surface area (Å²) in [5.74, 6) is -3.66. The zero-order valence-corrected chi connectivity index (χ0v) is 30.0. The number of nitrogens with one attached hydrogen (secondary N) is 2. The van der Waals surface area contributed by atoms with Crippen molar-refractivity contribution in [3.8, 4) is 11.5 Å². The van der Waals surface area contributed by atoms with Crippen molar-refractivity contribution in [1.29, 1.82) is 0 Å². The summed E-state index contributed by atoms with van der Waals surface area (Å²) in [5, 5.41) is 22.0. The number of aromatic carboxylic acids is 2. The highest BCUT2D eigenvalue weighted by atomic mass is 16.6. The number of carbonyl (C=O) groups is 5. The molecule has 0 spiro atoms. The minimum absolute atomic E-state index is 0.0103. The number of carboxylic acids is 2. The molecule has 286 valence electrons. The quantitative estimate of drug-likeness (QED) is 0.0545. The SMILES string of the molecule is O=C(OCc1ccccc1)c1ccc(C(=O)O)c(CONc2ccc(Oc3ccc(NC(=O)c4cc(C(=O)OCc5ccccc5)ccc4C(=O)O)cc3)cc2)c1. The van der Waals surface area contributed by atoms with Crippen LogP contribution in [0.1, 0.15) is 68.5 Å². The molecule has 4 N–H and O–H groups in total. The molecule has 0 saturated carbocycles. The lowest BCUT2D eigenvalue weighted by atomic mass is 10.0. The Kier molecular flexibility index (Phi) is 12.6. The second-order valence-corrected chi connectivity index (χ2v) is 12.4. The molecule has 6 aromatic rings. The van der Waals surface area contributed by atoms with Gasteiger partial charge in [0.25, 0.3) is 5.91 Å². The Morgan fingerprint density at radius 1 is 0.491 bits per heavy atom. The van der Waals surface area contributed by atoms with Crippen molar-refractivity contribution in [1.82, 2.24) is 0 Å². The van der Waals surface area contributed by atoms with Gasteiger partial charge in [0.05, 0.1) is 33.5 Å². The third-order valence-corrected chi connectivity index (χ3v) is 8.35. The lowest BCUT2D eigenvalue weighted by Gasteiger charge is -2.12. The molecule has 13 nitrogen and oxygen atoms in total. The van der Waals surface area contributed by atoms with Crippen LogP contribution in [0.3, 0.4) is 0 Å². The van der Waals surface area contributed by atoms with Crippen LogP contribution in [0.4, 0.5) is 11.4 Å². The maximum absolute atomic E-state index is 13.2. The van der Waals surface area contributed by atoms with E-state index in [1.54, 1.807) is 60.7 Å². The molecule has 0 aliphatic carbocycles. The summed E-state index contributed by atoms with van der Waals surface area (Å²) in [6.07, 6.45) is 0. The fourth-order valence-corrected chi connectivity index (χ4v) is 5.44. The van der Waals surface area contributed by atoms with Gasteiger partial charge in [-0.15, -0.1) is 0 Å². The van der Waals surface area contributed by atoms with Gasteiger partial charge in [-0.05, 0) is 102 Å². The number of benzene rings is 6. The summed E-state index contributed by atoms with van der Waals surface area (Å²) in [7, 11) is 0. The number of carbonyl (C=O) groups excluding carboxylic acids is 3. The average Bonchev–Trinajstić information content (AvgIpc) is 3.23. The third-order valence-electron chi connectivity index (χ3n) is 8.35. The van der Waals surface area contributed by atoms with Crippen LogP contribution in [-0.2, 0) is 34.1 Å². The fraction of sp³-hybridized carbons (Fsp3) is 0.0682. The van der Waals surface area contributed by atoms with E-state index in [1.807, 2.05) is 48.5 Å². The molecule has 0 heterocycles. The van der Waals surface area contributed by atoms with E-state index in [9.17, 15) is 34.2 Å². The van der Waals surface area contributed by atoms with Crippen molar-refractivity contribution in [2.75, 3.05) is 10.8 Å². The zero-order chi connectivity index (χ0) is 40.1. The topological polar surface area (TPSA) is 187 Å².